The van der Waals surface area contributed by atoms with Crippen molar-refractivity contribution in [1.29, 1.82) is 0 Å². The molecule has 9 nitrogen and oxygen atoms in total. The normalized spacial score (nSPS) is 19.3. The van der Waals surface area contributed by atoms with E-state index in [0.29, 0.717) is 17.1 Å². The zero-order valence-electron chi connectivity index (χ0n) is 19.0. The average molecular weight is 451 g/mol. The van der Waals surface area contributed by atoms with Gasteiger partial charge in [-0.05, 0) is 43.8 Å². The van der Waals surface area contributed by atoms with Crippen LogP contribution in [-0.4, -0.2) is 80.0 Å². The number of piperazine rings is 1. The molecule has 9 heteroatoms. The smallest absolute Gasteiger partial charge is 0.319 e. The molecule has 2 heterocycles. The van der Waals surface area contributed by atoms with Crippen LogP contribution in [0.15, 0.2) is 48.5 Å². The van der Waals surface area contributed by atoms with E-state index < -0.39 is 12.1 Å². The van der Waals surface area contributed by atoms with Gasteiger partial charge in [0, 0.05) is 31.9 Å². The Hall–Kier alpha value is -3.43. The van der Waals surface area contributed by atoms with Gasteiger partial charge < -0.3 is 25.8 Å². The predicted molar refractivity (Wildman–Crippen MR) is 128 cm³/mol. The molecule has 0 spiro atoms. The van der Waals surface area contributed by atoms with Crippen LogP contribution in [0, 0.1) is 6.92 Å². The van der Waals surface area contributed by atoms with Gasteiger partial charge in [-0.1, -0.05) is 24.3 Å². The van der Waals surface area contributed by atoms with Crippen LogP contribution in [0.4, 0.5) is 21.9 Å². The summed E-state index contributed by atoms with van der Waals surface area (Å²) in [4.78, 5) is 44.8. The lowest BCUT2D eigenvalue weighted by Crippen LogP contribution is -2.54. The van der Waals surface area contributed by atoms with Gasteiger partial charge in [0.2, 0.25) is 11.8 Å². The van der Waals surface area contributed by atoms with Crippen molar-refractivity contribution in [3.8, 4) is 0 Å². The first kappa shape index (κ1) is 22.8. The third-order valence-corrected chi connectivity index (χ3v) is 5.97. The summed E-state index contributed by atoms with van der Waals surface area (Å²) in [7, 11) is 2.07. The topological polar surface area (TPSA) is 97.0 Å². The van der Waals surface area contributed by atoms with Crippen LogP contribution in [0.2, 0.25) is 0 Å². The number of carbonyl (C=O) groups is 3. The monoisotopic (exact) mass is 450 g/mol. The van der Waals surface area contributed by atoms with Gasteiger partial charge in [0.15, 0.2) is 0 Å². The van der Waals surface area contributed by atoms with Gasteiger partial charge in [-0.15, -0.1) is 0 Å². The van der Waals surface area contributed by atoms with Gasteiger partial charge in [-0.2, -0.15) is 0 Å². The van der Waals surface area contributed by atoms with E-state index in [0.717, 1.165) is 31.7 Å². The Morgan fingerprint density at radius 2 is 1.82 bits per heavy atom. The first-order chi connectivity index (χ1) is 15.9. The number of likely N-dealkylation sites (N-methyl/N-ethyl adjacent to an activating group) is 1. The van der Waals surface area contributed by atoms with Gasteiger partial charge in [-0.3, -0.25) is 14.5 Å². The second-order valence-corrected chi connectivity index (χ2v) is 8.61. The summed E-state index contributed by atoms with van der Waals surface area (Å²) in [6.07, 6.45) is 0. The summed E-state index contributed by atoms with van der Waals surface area (Å²) in [5, 5.41) is 8.34. The van der Waals surface area contributed by atoms with Crippen molar-refractivity contribution in [3.05, 3.63) is 54.1 Å². The summed E-state index contributed by atoms with van der Waals surface area (Å²) >= 11 is 0. The van der Waals surface area contributed by atoms with Crippen molar-refractivity contribution < 1.29 is 14.4 Å². The third-order valence-electron chi connectivity index (χ3n) is 5.97. The Bertz CT molecular complexity index is 1030. The molecule has 0 radical (unpaired) electrons. The number of benzene rings is 2. The molecule has 1 fully saturated rings. The molecule has 174 valence electrons. The second kappa shape index (κ2) is 10.0. The number of anilines is 3. The molecule has 2 aromatic rings. The summed E-state index contributed by atoms with van der Waals surface area (Å²) in [6.45, 7) is 5.70. The molecule has 1 saturated heterocycles. The van der Waals surface area contributed by atoms with Gasteiger partial charge >= 0.3 is 6.03 Å². The highest BCUT2D eigenvalue weighted by atomic mass is 16.2. The SMILES string of the molecule is Cc1cccc(NC(=O)NC2CN(C(=O)CN3CCN(C)CC3)c3ccccc3NC2=O)c1. The van der Waals surface area contributed by atoms with E-state index >= 15 is 0 Å². The van der Waals surface area contributed by atoms with Crippen molar-refractivity contribution in [2.24, 2.45) is 0 Å². The highest BCUT2D eigenvalue weighted by Gasteiger charge is 2.33. The molecule has 0 aromatic heterocycles. The highest BCUT2D eigenvalue weighted by Crippen LogP contribution is 2.29. The van der Waals surface area contributed by atoms with Crippen molar-refractivity contribution in [2.45, 2.75) is 13.0 Å². The molecular formula is C24H30N6O3. The fourth-order valence-corrected chi connectivity index (χ4v) is 4.08. The van der Waals surface area contributed by atoms with E-state index in [-0.39, 0.29) is 24.9 Å². The number of para-hydroxylation sites is 2. The van der Waals surface area contributed by atoms with E-state index in [1.54, 1.807) is 23.1 Å². The van der Waals surface area contributed by atoms with Crippen LogP contribution in [0.5, 0.6) is 0 Å². The molecule has 3 N–H and O–H groups in total. The Morgan fingerprint density at radius 1 is 1.06 bits per heavy atom. The maximum atomic E-state index is 13.3. The number of nitrogens with zero attached hydrogens (tertiary/aromatic N) is 3. The van der Waals surface area contributed by atoms with Gasteiger partial charge in [0.1, 0.15) is 6.04 Å². The summed E-state index contributed by atoms with van der Waals surface area (Å²) < 4.78 is 0. The maximum absolute atomic E-state index is 13.3. The number of carbonyl (C=O) groups excluding carboxylic acids is 3. The van der Waals surface area contributed by atoms with Crippen LogP contribution in [0.25, 0.3) is 0 Å². The lowest BCUT2D eigenvalue weighted by molar-refractivity contribution is -0.120. The van der Waals surface area contributed by atoms with Crippen LogP contribution < -0.4 is 20.9 Å². The molecule has 2 aromatic carbocycles. The minimum atomic E-state index is -0.904. The largest absolute Gasteiger partial charge is 0.324 e. The summed E-state index contributed by atoms with van der Waals surface area (Å²) in [5.41, 5.74) is 2.83. The molecule has 0 aliphatic carbocycles. The molecule has 2 aliphatic heterocycles. The minimum Gasteiger partial charge on any atom is -0.324 e. The van der Waals surface area contributed by atoms with Gasteiger partial charge in [0.05, 0.1) is 24.5 Å². The van der Waals surface area contributed by atoms with Gasteiger partial charge in [-0.25, -0.2) is 4.79 Å². The highest BCUT2D eigenvalue weighted by molar-refractivity contribution is 6.07. The van der Waals surface area contributed by atoms with E-state index in [2.05, 4.69) is 32.8 Å². The lowest BCUT2D eigenvalue weighted by Gasteiger charge is -2.33. The van der Waals surface area contributed by atoms with Crippen LogP contribution in [0.1, 0.15) is 5.56 Å². The number of nitrogens with one attached hydrogen (secondary N) is 3. The molecule has 0 bridgehead atoms. The zero-order chi connectivity index (χ0) is 23.4. The number of hydrogen-bond donors (Lipinski definition) is 3. The first-order valence-corrected chi connectivity index (χ1v) is 11.1. The molecule has 1 unspecified atom stereocenters. The Morgan fingerprint density at radius 3 is 2.58 bits per heavy atom. The molecule has 4 amide bonds. The van der Waals surface area contributed by atoms with Crippen molar-refractivity contribution in [3.63, 3.8) is 0 Å². The predicted octanol–water partition coefficient (Wildman–Crippen LogP) is 1.72. The number of fused-ring (bicyclic) bond motifs is 1. The molecule has 1 atom stereocenters. The average Bonchev–Trinajstić information content (AvgIpc) is 2.92. The van der Waals surface area contributed by atoms with Crippen molar-refractivity contribution in [2.75, 3.05) is 61.8 Å². The van der Waals surface area contributed by atoms with Crippen molar-refractivity contribution >= 4 is 34.9 Å². The van der Waals surface area contributed by atoms with E-state index in [4.69, 9.17) is 0 Å². The zero-order valence-corrected chi connectivity index (χ0v) is 19.0. The van der Waals surface area contributed by atoms with Crippen molar-refractivity contribution in [1.82, 2.24) is 15.1 Å². The Balaban J connectivity index is 1.49. The Kier molecular flexibility index (Phi) is 6.90. The second-order valence-electron chi connectivity index (χ2n) is 8.61. The number of hydrogen-bond acceptors (Lipinski definition) is 5. The number of aryl methyl sites for hydroxylation is 1. The fraction of sp³-hybridized carbons (Fsp3) is 0.375. The molecule has 33 heavy (non-hydrogen) atoms. The van der Waals surface area contributed by atoms with Crippen LogP contribution >= 0.6 is 0 Å². The summed E-state index contributed by atoms with van der Waals surface area (Å²) in [5.74, 6) is -0.467. The summed E-state index contributed by atoms with van der Waals surface area (Å²) in [6, 6.07) is 13.2. The quantitative estimate of drug-likeness (QED) is 0.659. The van der Waals surface area contributed by atoms with E-state index in [1.165, 1.54) is 0 Å². The fourth-order valence-electron chi connectivity index (χ4n) is 4.08. The minimum absolute atomic E-state index is 0.0522. The third kappa shape index (κ3) is 5.68. The van der Waals surface area contributed by atoms with Crippen LogP contribution in [0.3, 0.4) is 0 Å². The van der Waals surface area contributed by atoms with E-state index in [1.807, 2.05) is 37.3 Å². The first-order valence-electron chi connectivity index (χ1n) is 11.1. The molecule has 0 saturated carbocycles. The number of rotatable bonds is 4. The number of urea groups is 1. The molecular weight excluding hydrogens is 420 g/mol. The molecule has 2 aliphatic rings. The maximum Gasteiger partial charge on any atom is 0.319 e. The number of amides is 4. The Labute approximate surface area is 193 Å². The standard InChI is InChI=1S/C24H30N6O3/c1-17-6-5-7-18(14-17)25-24(33)27-20-15-30(21-9-4-3-8-19(21)26-23(20)32)22(31)16-29-12-10-28(2)11-13-29/h3-9,14,20H,10-13,15-16H2,1-2H3,(H,26,32)(H2,25,27,33). The van der Waals surface area contributed by atoms with Crippen LogP contribution in [-0.2, 0) is 9.59 Å². The lowest BCUT2D eigenvalue weighted by atomic mass is 10.2. The van der Waals surface area contributed by atoms with Gasteiger partial charge in [0.25, 0.3) is 0 Å². The van der Waals surface area contributed by atoms with E-state index in [9.17, 15) is 14.4 Å². The molecule has 4 rings (SSSR count).